The fraction of sp³-hybridized carbons (Fsp3) is 0.778. The maximum Gasteiger partial charge on any atom is 0.0709 e. The van der Waals surface area contributed by atoms with Gasteiger partial charge in [0.1, 0.15) is 0 Å². The van der Waals surface area contributed by atoms with Gasteiger partial charge in [-0.1, -0.05) is 10.3 Å². The third-order valence-electron chi connectivity index (χ3n) is 2.71. The number of hydrogen-bond donors (Lipinski definition) is 3. The Bertz CT molecular complexity index is 226. The first kappa shape index (κ1) is 11.0. The quantitative estimate of drug-likeness (QED) is 0.355. The van der Waals surface area contributed by atoms with Crippen molar-refractivity contribution in [1.82, 2.24) is 5.32 Å². The van der Waals surface area contributed by atoms with Crippen LogP contribution in [0.25, 0.3) is 0 Å². The van der Waals surface area contributed by atoms with Crippen molar-refractivity contribution in [3.8, 4) is 0 Å². The molecule has 1 aliphatic rings. The molecule has 2 atom stereocenters. The van der Waals surface area contributed by atoms with Gasteiger partial charge < -0.3 is 15.7 Å². The fourth-order valence-corrected chi connectivity index (χ4v) is 1.73. The third-order valence-corrected chi connectivity index (χ3v) is 2.71. The molecule has 5 heteroatoms. The molecule has 0 aliphatic carbocycles. The van der Waals surface area contributed by atoms with Gasteiger partial charge >= 0.3 is 0 Å². The number of nitrogens with one attached hydrogen (secondary N) is 1. The van der Waals surface area contributed by atoms with Gasteiger partial charge in [-0.15, -0.1) is 0 Å². The smallest absolute Gasteiger partial charge is 0.0709 e. The summed E-state index contributed by atoms with van der Waals surface area (Å²) in [6.45, 7) is 3.57. The Kier molecular flexibility index (Phi) is 3.88. The fourth-order valence-electron chi connectivity index (χ4n) is 1.73. The molecule has 1 fully saturated rings. The first-order valence-electron chi connectivity index (χ1n) is 4.82. The van der Waals surface area contributed by atoms with E-state index in [0.29, 0.717) is 11.4 Å². The zero-order valence-corrected chi connectivity index (χ0v) is 8.56. The molecule has 0 spiro atoms. The lowest BCUT2D eigenvalue weighted by Gasteiger charge is -2.29. The molecule has 2 unspecified atom stereocenters. The minimum absolute atomic E-state index is 0.0930. The number of piperidine rings is 1. The SMILES string of the molecule is CC(=NO)C1CCCC(C(C)=NO)N1. The van der Waals surface area contributed by atoms with Crippen molar-refractivity contribution >= 4 is 11.4 Å². The summed E-state index contributed by atoms with van der Waals surface area (Å²) in [5.41, 5.74) is 1.36. The van der Waals surface area contributed by atoms with E-state index >= 15 is 0 Å². The van der Waals surface area contributed by atoms with Crippen LogP contribution in [-0.2, 0) is 0 Å². The van der Waals surface area contributed by atoms with Crippen molar-refractivity contribution < 1.29 is 10.4 Å². The molecule has 0 aromatic heterocycles. The predicted molar refractivity (Wildman–Crippen MR) is 54.4 cm³/mol. The molecule has 1 heterocycles. The molecule has 0 radical (unpaired) electrons. The third kappa shape index (κ3) is 2.45. The lowest BCUT2D eigenvalue weighted by molar-refractivity contribution is 0.305. The summed E-state index contributed by atoms with van der Waals surface area (Å²) in [6.07, 6.45) is 2.97. The molecule has 14 heavy (non-hydrogen) atoms. The lowest BCUT2D eigenvalue weighted by Crippen LogP contribution is -2.49. The molecule has 0 aromatic rings. The standard InChI is InChI=1S/C9H17N3O2/c1-6(11-13)8-4-3-5-9(10-8)7(2)12-14/h8-10,13-14H,3-5H2,1-2H3. The van der Waals surface area contributed by atoms with Crippen molar-refractivity contribution in [2.24, 2.45) is 10.3 Å². The van der Waals surface area contributed by atoms with Gasteiger partial charge in [0.2, 0.25) is 0 Å². The summed E-state index contributed by atoms with van der Waals surface area (Å²) in [4.78, 5) is 0. The van der Waals surface area contributed by atoms with Crippen LogP contribution >= 0.6 is 0 Å². The lowest BCUT2D eigenvalue weighted by atomic mass is 9.94. The Hall–Kier alpha value is -1.10. The van der Waals surface area contributed by atoms with Crippen molar-refractivity contribution in [3.05, 3.63) is 0 Å². The summed E-state index contributed by atoms with van der Waals surface area (Å²) < 4.78 is 0. The van der Waals surface area contributed by atoms with Crippen LogP contribution in [-0.4, -0.2) is 33.9 Å². The Morgan fingerprint density at radius 1 is 1.07 bits per heavy atom. The summed E-state index contributed by atoms with van der Waals surface area (Å²) in [6, 6.07) is 0.186. The van der Waals surface area contributed by atoms with Crippen molar-refractivity contribution in [1.29, 1.82) is 0 Å². The molecule has 0 bridgehead atoms. The highest BCUT2D eigenvalue weighted by molar-refractivity contribution is 5.90. The summed E-state index contributed by atoms with van der Waals surface area (Å²) >= 11 is 0. The van der Waals surface area contributed by atoms with E-state index in [9.17, 15) is 0 Å². The van der Waals surface area contributed by atoms with E-state index in [-0.39, 0.29) is 12.1 Å². The topological polar surface area (TPSA) is 77.2 Å². The first-order chi connectivity index (χ1) is 6.69. The average Bonchev–Trinajstić information content (AvgIpc) is 2.27. The maximum absolute atomic E-state index is 8.64. The van der Waals surface area contributed by atoms with Gasteiger partial charge in [0, 0.05) is 12.1 Å². The number of oxime groups is 2. The van der Waals surface area contributed by atoms with Gasteiger partial charge in [-0.3, -0.25) is 0 Å². The number of nitrogens with zero attached hydrogens (tertiary/aromatic N) is 2. The second-order valence-electron chi connectivity index (χ2n) is 3.69. The highest BCUT2D eigenvalue weighted by atomic mass is 16.4. The zero-order chi connectivity index (χ0) is 10.6. The van der Waals surface area contributed by atoms with Gasteiger partial charge in [-0.25, -0.2) is 0 Å². The van der Waals surface area contributed by atoms with E-state index < -0.39 is 0 Å². The first-order valence-corrected chi connectivity index (χ1v) is 4.82. The molecule has 5 nitrogen and oxygen atoms in total. The van der Waals surface area contributed by atoms with Crippen LogP contribution in [0.5, 0.6) is 0 Å². The predicted octanol–water partition coefficient (Wildman–Crippen LogP) is 1.20. The van der Waals surface area contributed by atoms with Crippen LogP contribution < -0.4 is 5.32 Å². The van der Waals surface area contributed by atoms with Crippen molar-refractivity contribution in [2.45, 2.75) is 45.2 Å². The molecular formula is C9H17N3O2. The van der Waals surface area contributed by atoms with Crippen LogP contribution in [0.3, 0.4) is 0 Å². The normalized spacial score (nSPS) is 30.4. The summed E-state index contributed by atoms with van der Waals surface area (Å²) in [5, 5.41) is 26.9. The molecule has 80 valence electrons. The Balaban J connectivity index is 2.60. The van der Waals surface area contributed by atoms with Gasteiger partial charge in [0.25, 0.3) is 0 Å². The minimum Gasteiger partial charge on any atom is -0.411 e. The van der Waals surface area contributed by atoms with E-state index in [1.54, 1.807) is 13.8 Å². The number of hydrogen-bond acceptors (Lipinski definition) is 5. The van der Waals surface area contributed by atoms with E-state index in [0.717, 1.165) is 19.3 Å². The maximum atomic E-state index is 8.64. The number of rotatable bonds is 2. The van der Waals surface area contributed by atoms with Gasteiger partial charge in [-0.05, 0) is 33.1 Å². The van der Waals surface area contributed by atoms with Gasteiger partial charge in [-0.2, -0.15) is 0 Å². The van der Waals surface area contributed by atoms with Crippen molar-refractivity contribution in [3.63, 3.8) is 0 Å². The van der Waals surface area contributed by atoms with E-state index in [2.05, 4.69) is 15.6 Å². The molecule has 0 aromatic carbocycles. The van der Waals surface area contributed by atoms with E-state index in [4.69, 9.17) is 10.4 Å². The molecule has 0 amide bonds. The molecule has 1 saturated heterocycles. The van der Waals surface area contributed by atoms with E-state index in [1.165, 1.54) is 0 Å². The van der Waals surface area contributed by atoms with Crippen molar-refractivity contribution in [2.75, 3.05) is 0 Å². The largest absolute Gasteiger partial charge is 0.411 e. The second-order valence-corrected chi connectivity index (χ2v) is 3.69. The molecule has 0 saturated carbocycles. The van der Waals surface area contributed by atoms with Crippen LogP contribution in [0.15, 0.2) is 10.3 Å². The molecule has 3 N–H and O–H groups in total. The summed E-state index contributed by atoms with van der Waals surface area (Å²) in [7, 11) is 0. The van der Waals surface area contributed by atoms with Crippen LogP contribution in [0.2, 0.25) is 0 Å². The Morgan fingerprint density at radius 2 is 1.50 bits per heavy atom. The Morgan fingerprint density at radius 3 is 1.86 bits per heavy atom. The monoisotopic (exact) mass is 199 g/mol. The Labute approximate surface area is 83.5 Å². The van der Waals surface area contributed by atoms with E-state index in [1.807, 2.05) is 0 Å². The van der Waals surface area contributed by atoms with Gasteiger partial charge in [0.15, 0.2) is 0 Å². The highest BCUT2D eigenvalue weighted by Crippen LogP contribution is 2.14. The van der Waals surface area contributed by atoms with Crippen LogP contribution in [0, 0.1) is 0 Å². The summed E-state index contributed by atoms with van der Waals surface area (Å²) in [5.74, 6) is 0. The molecular weight excluding hydrogens is 182 g/mol. The zero-order valence-electron chi connectivity index (χ0n) is 8.56. The van der Waals surface area contributed by atoms with Gasteiger partial charge in [0.05, 0.1) is 11.4 Å². The minimum atomic E-state index is 0.0930. The second kappa shape index (κ2) is 4.95. The molecule has 1 aliphatic heterocycles. The molecule has 1 rings (SSSR count). The average molecular weight is 199 g/mol. The highest BCUT2D eigenvalue weighted by Gasteiger charge is 2.24. The van der Waals surface area contributed by atoms with Crippen LogP contribution in [0.4, 0.5) is 0 Å². The van der Waals surface area contributed by atoms with Crippen LogP contribution in [0.1, 0.15) is 33.1 Å².